The van der Waals surface area contributed by atoms with Gasteiger partial charge >= 0.3 is 0 Å². The summed E-state index contributed by atoms with van der Waals surface area (Å²) in [5.74, 6) is 1.15. The summed E-state index contributed by atoms with van der Waals surface area (Å²) in [6, 6.07) is 4.22. The third-order valence-corrected chi connectivity index (χ3v) is 3.33. The highest BCUT2D eigenvalue weighted by Crippen LogP contribution is 2.26. The van der Waals surface area contributed by atoms with E-state index in [0.717, 1.165) is 10.7 Å². The van der Waals surface area contributed by atoms with Crippen molar-refractivity contribution in [2.45, 2.75) is 26.3 Å². The van der Waals surface area contributed by atoms with Crippen LogP contribution in [0.1, 0.15) is 26.3 Å². The molecule has 0 fully saturated rings. The summed E-state index contributed by atoms with van der Waals surface area (Å²) in [7, 11) is 0. The van der Waals surface area contributed by atoms with E-state index in [9.17, 15) is 4.79 Å². The lowest BCUT2D eigenvalue weighted by molar-refractivity contribution is -0.117. The van der Waals surface area contributed by atoms with Crippen LogP contribution in [0.15, 0.2) is 29.9 Å². The summed E-state index contributed by atoms with van der Waals surface area (Å²) in [5.41, 5.74) is 0. The summed E-state index contributed by atoms with van der Waals surface area (Å²) < 4.78 is 2.06. The van der Waals surface area contributed by atoms with Gasteiger partial charge in [-0.25, -0.2) is 4.98 Å². The SMILES string of the molecule is CC(=O)CC(C)n1ccnc1-c1cccs1. The van der Waals surface area contributed by atoms with Gasteiger partial charge in [-0.05, 0) is 25.3 Å². The van der Waals surface area contributed by atoms with Crippen LogP contribution in [-0.4, -0.2) is 15.3 Å². The van der Waals surface area contributed by atoms with Gasteiger partial charge in [-0.1, -0.05) is 6.07 Å². The molecular weight excluding hydrogens is 220 g/mol. The van der Waals surface area contributed by atoms with E-state index in [1.165, 1.54) is 0 Å². The first kappa shape index (κ1) is 11.1. The summed E-state index contributed by atoms with van der Waals surface area (Å²) in [6.07, 6.45) is 4.27. The van der Waals surface area contributed by atoms with Gasteiger partial charge in [0.25, 0.3) is 0 Å². The molecule has 0 saturated carbocycles. The minimum absolute atomic E-state index is 0.164. The van der Waals surface area contributed by atoms with E-state index in [0.29, 0.717) is 6.42 Å². The quantitative estimate of drug-likeness (QED) is 0.814. The molecule has 0 amide bonds. The summed E-state index contributed by atoms with van der Waals surface area (Å²) >= 11 is 1.66. The Morgan fingerprint density at radius 2 is 2.44 bits per heavy atom. The number of rotatable bonds is 4. The lowest BCUT2D eigenvalue weighted by Gasteiger charge is -2.14. The van der Waals surface area contributed by atoms with E-state index < -0.39 is 0 Å². The molecule has 0 aromatic carbocycles. The molecule has 0 aliphatic rings. The third kappa shape index (κ3) is 2.22. The van der Waals surface area contributed by atoms with E-state index in [2.05, 4.69) is 9.55 Å². The van der Waals surface area contributed by atoms with Crippen molar-refractivity contribution in [1.82, 2.24) is 9.55 Å². The Morgan fingerprint density at radius 3 is 3.06 bits per heavy atom. The maximum atomic E-state index is 11.1. The second-order valence-corrected chi connectivity index (χ2v) is 4.84. The fourth-order valence-electron chi connectivity index (χ4n) is 1.78. The van der Waals surface area contributed by atoms with Gasteiger partial charge < -0.3 is 4.57 Å². The van der Waals surface area contributed by atoms with E-state index in [4.69, 9.17) is 0 Å². The Bertz CT molecular complexity index is 473. The summed E-state index contributed by atoms with van der Waals surface area (Å²) in [5, 5.41) is 2.03. The maximum absolute atomic E-state index is 11.1. The van der Waals surface area contributed by atoms with Gasteiger partial charge in [-0.3, -0.25) is 4.79 Å². The second kappa shape index (κ2) is 4.61. The Labute approximate surface area is 98.8 Å². The van der Waals surface area contributed by atoms with Crippen molar-refractivity contribution < 1.29 is 4.79 Å². The lowest BCUT2D eigenvalue weighted by Crippen LogP contribution is -2.09. The molecule has 1 atom stereocenters. The standard InChI is InChI=1S/C12H14N2OS/c1-9(8-10(2)15)14-6-5-13-12(14)11-4-3-7-16-11/h3-7,9H,8H2,1-2H3. The minimum Gasteiger partial charge on any atom is -0.327 e. The topological polar surface area (TPSA) is 34.9 Å². The number of Topliss-reactive ketones (excluding diaryl/α,β-unsaturated/α-hetero) is 1. The predicted molar refractivity (Wildman–Crippen MR) is 65.5 cm³/mol. The molecule has 2 aromatic heterocycles. The van der Waals surface area contributed by atoms with Crippen LogP contribution in [-0.2, 0) is 4.79 Å². The average Bonchev–Trinajstić information content (AvgIpc) is 2.87. The highest BCUT2D eigenvalue weighted by Gasteiger charge is 2.13. The number of imidazole rings is 1. The fourth-order valence-corrected chi connectivity index (χ4v) is 2.50. The molecule has 0 aliphatic carbocycles. The number of carbonyl (C=O) groups is 1. The molecule has 3 nitrogen and oxygen atoms in total. The molecule has 84 valence electrons. The lowest BCUT2D eigenvalue weighted by atomic mass is 10.2. The van der Waals surface area contributed by atoms with Crippen LogP contribution >= 0.6 is 11.3 Å². The Hall–Kier alpha value is -1.42. The van der Waals surface area contributed by atoms with E-state index in [-0.39, 0.29) is 11.8 Å². The maximum Gasteiger partial charge on any atom is 0.150 e. The number of carbonyl (C=O) groups excluding carboxylic acids is 1. The number of hydrogen-bond donors (Lipinski definition) is 0. The number of thiophene rings is 1. The molecule has 0 bridgehead atoms. The van der Waals surface area contributed by atoms with Crippen molar-refractivity contribution >= 4 is 17.1 Å². The van der Waals surface area contributed by atoms with Gasteiger partial charge in [-0.2, -0.15) is 0 Å². The second-order valence-electron chi connectivity index (χ2n) is 3.89. The molecule has 0 aliphatic heterocycles. The number of hydrogen-bond acceptors (Lipinski definition) is 3. The molecular formula is C12H14N2OS. The first-order valence-corrected chi connectivity index (χ1v) is 6.12. The van der Waals surface area contributed by atoms with Crippen molar-refractivity contribution in [3.63, 3.8) is 0 Å². The molecule has 0 saturated heterocycles. The minimum atomic E-state index is 0.164. The molecule has 0 spiro atoms. The van der Waals surface area contributed by atoms with Crippen LogP contribution in [0.2, 0.25) is 0 Å². The zero-order valence-corrected chi connectivity index (χ0v) is 10.2. The highest BCUT2D eigenvalue weighted by atomic mass is 32.1. The fraction of sp³-hybridized carbons (Fsp3) is 0.333. The molecule has 0 radical (unpaired) electrons. The number of ketones is 1. The van der Waals surface area contributed by atoms with Crippen LogP contribution in [0.5, 0.6) is 0 Å². The third-order valence-electron chi connectivity index (χ3n) is 2.47. The van der Waals surface area contributed by atoms with Crippen LogP contribution in [0.4, 0.5) is 0 Å². The van der Waals surface area contributed by atoms with Crippen LogP contribution in [0.3, 0.4) is 0 Å². The van der Waals surface area contributed by atoms with Crippen molar-refractivity contribution in [3.05, 3.63) is 29.9 Å². The van der Waals surface area contributed by atoms with E-state index in [1.807, 2.05) is 30.6 Å². The summed E-state index contributed by atoms with van der Waals surface area (Å²) in [4.78, 5) is 16.6. The van der Waals surface area contributed by atoms with Crippen molar-refractivity contribution in [3.8, 4) is 10.7 Å². The first-order valence-electron chi connectivity index (χ1n) is 5.24. The number of nitrogens with zero attached hydrogens (tertiary/aromatic N) is 2. The molecule has 16 heavy (non-hydrogen) atoms. The van der Waals surface area contributed by atoms with Gasteiger partial charge in [0, 0.05) is 24.9 Å². The first-order chi connectivity index (χ1) is 7.68. The van der Waals surface area contributed by atoms with Crippen LogP contribution in [0, 0.1) is 0 Å². The predicted octanol–water partition coefficient (Wildman–Crippen LogP) is 3.15. The largest absolute Gasteiger partial charge is 0.327 e. The van der Waals surface area contributed by atoms with Gasteiger partial charge in [0.2, 0.25) is 0 Å². The molecule has 0 N–H and O–H groups in total. The van der Waals surface area contributed by atoms with E-state index >= 15 is 0 Å². The van der Waals surface area contributed by atoms with E-state index in [1.54, 1.807) is 24.5 Å². The Morgan fingerprint density at radius 1 is 1.62 bits per heavy atom. The molecule has 4 heteroatoms. The monoisotopic (exact) mass is 234 g/mol. The molecule has 2 aromatic rings. The van der Waals surface area contributed by atoms with Gasteiger partial charge in [0.15, 0.2) is 0 Å². The zero-order chi connectivity index (χ0) is 11.5. The normalized spacial score (nSPS) is 12.6. The van der Waals surface area contributed by atoms with Crippen molar-refractivity contribution in [2.75, 3.05) is 0 Å². The average molecular weight is 234 g/mol. The van der Waals surface area contributed by atoms with Crippen LogP contribution < -0.4 is 0 Å². The molecule has 1 unspecified atom stereocenters. The smallest absolute Gasteiger partial charge is 0.150 e. The van der Waals surface area contributed by atoms with Gasteiger partial charge in [0.1, 0.15) is 11.6 Å². The molecule has 2 heterocycles. The van der Waals surface area contributed by atoms with Gasteiger partial charge in [0.05, 0.1) is 4.88 Å². The number of aromatic nitrogens is 2. The van der Waals surface area contributed by atoms with Crippen molar-refractivity contribution in [1.29, 1.82) is 0 Å². The summed E-state index contributed by atoms with van der Waals surface area (Å²) in [6.45, 7) is 3.67. The van der Waals surface area contributed by atoms with Crippen LogP contribution in [0.25, 0.3) is 10.7 Å². The molecule has 2 rings (SSSR count). The highest BCUT2D eigenvalue weighted by molar-refractivity contribution is 7.13. The Balaban J connectivity index is 2.29. The Kier molecular flexibility index (Phi) is 3.19. The van der Waals surface area contributed by atoms with Gasteiger partial charge in [-0.15, -0.1) is 11.3 Å². The zero-order valence-electron chi connectivity index (χ0n) is 9.38. The van der Waals surface area contributed by atoms with Crippen molar-refractivity contribution in [2.24, 2.45) is 0 Å².